The second-order valence-corrected chi connectivity index (χ2v) is 7.65. The topological polar surface area (TPSA) is 104 Å². The Labute approximate surface area is 166 Å². The molecule has 3 rings (SSSR count). The molecule has 2 aromatic carbocycles. The van der Waals surface area contributed by atoms with Gasteiger partial charge in [0, 0.05) is 11.6 Å². The lowest BCUT2D eigenvalue weighted by molar-refractivity contribution is -0.124. The van der Waals surface area contributed by atoms with Gasteiger partial charge in [-0.1, -0.05) is 67.6 Å². The molecule has 1 atom stereocenters. The molecule has 28 heavy (non-hydrogen) atoms. The number of carbonyl (C=O) groups excluding carboxylic acids is 1. The molecule has 144 valence electrons. The van der Waals surface area contributed by atoms with Gasteiger partial charge in [-0.2, -0.15) is 0 Å². The van der Waals surface area contributed by atoms with E-state index in [1.165, 1.54) is 11.3 Å². The molecule has 0 aliphatic heterocycles. The van der Waals surface area contributed by atoms with E-state index in [2.05, 4.69) is 20.8 Å². The van der Waals surface area contributed by atoms with Crippen molar-refractivity contribution in [3.05, 3.63) is 71.2 Å². The highest BCUT2D eigenvalue weighted by Crippen LogP contribution is 2.42. The molecule has 0 fully saturated rings. The van der Waals surface area contributed by atoms with Crippen LogP contribution < -0.4 is 10.6 Å². The van der Waals surface area contributed by atoms with Crippen LogP contribution in [0.25, 0.3) is 0 Å². The Morgan fingerprint density at radius 3 is 2.21 bits per heavy atom. The molecule has 8 heteroatoms. The third-order valence-corrected chi connectivity index (χ3v) is 5.12. The first-order valence-corrected chi connectivity index (χ1v) is 9.48. The van der Waals surface area contributed by atoms with E-state index in [1.807, 2.05) is 56.3 Å². The SMILES string of the molecule is CC(C)(C(=O)Nc1nncs1)C(c1ccccc1)c1ccc(NC(=O)O)cc1. The third-order valence-electron chi connectivity index (χ3n) is 4.52. The Morgan fingerprint density at radius 1 is 1.00 bits per heavy atom. The molecule has 1 unspecified atom stereocenters. The van der Waals surface area contributed by atoms with Crippen LogP contribution in [0, 0.1) is 5.41 Å². The Balaban J connectivity index is 1.97. The molecule has 1 heterocycles. The van der Waals surface area contributed by atoms with Gasteiger partial charge in [0.05, 0.1) is 5.41 Å². The Morgan fingerprint density at radius 2 is 1.64 bits per heavy atom. The number of carboxylic acid groups (broad SMARTS) is 1. The van der Waals surface area contributed by atoms with Gasteiger partial charge in [0.15, 0.2) is 0 Å². The molecule has 3 aromatic rings. The zero-order chi connectivity index (χ0) is 20.1. The van der Waals surface area contributed by atoms with Crippen molar-refractivity contribution in [2.75, 3.05) is 10.6 Å². The molecule has 0 saturated heterocycles. The predicted octanol–water partition coefficient (Wildman–Crippen LogP) is 4.42. The van der Waals surface area contributed by atoms with Crippen LogP contribution in [-0.2, 0) is 4.79 Å². The Bertz CT molecular complexity index is 941. The van der Waals surface area contributed by atoms with E-state index >= 15 is 0 Å². The highest BCUT2D eigenvalue weighted by Gasteiger charge is 2.39. The lowest BCUT2D eigenvalue weighted by Crippen LogP contribution is -2.37. The minimum atomic E-state index is -1.12. The van der Waals surface area contributed by atoms with Crippen molar-refractivity contribution in [2.24, 2.45) is 5.41 Å². The standard InChI is InChI=1S/C20H20N4O3S/c1-20(2,17(25)23-18-24-21-12-28-18)16(13-6-4-3-5-7-13)14-8-10-15(11-9-14)22-19(26)27/h3-12,16,22H,1-2H3,(H,26,27)(H,23,24,25). The summed E-state index contributed by atoms with van der Waals surface area (Å²) in [5.74, 6) is -0.425. The first-order chi connectivity index (χ1) is 13.4. The van der Waals surface area contributed by atoms with E-state index in [1.54, 1.807) is 17.6 Å². The van der Waals surface area contributed by atoms with Crippen molar-refractivity contribution in [3.8, 4) is 0 Å². The van der Waals surface area contributed by atoms with Gasteiger partial charge in [0.25, 0.3) is 0 Å². The van der Waals surface area contributed by atoms with Gasteiger partial charge in [0.1, 0.15) is 5.51 Å². The average molecular weight is 396 g/mol. The summed E-state index contributed by atoms with van der Waals surface area (Å²) in [6, 6.07) is 16.8. The minimum Gasteiger partial charge on any atom is -0.465 e. The molecule has 0 aliphatic rings. The zero-order valence-corrected chi connectivity index (χ0v) is 16.2. The van der Waals surface area contributed by atoms with Crippen LogP contribution in [0.15, 0.2) is 60.1 Å². The van der Waals surface area contributed by atoms with Gasteiger partial charge >= 0.3 is 6.09 Å². The molecular weight excluding hydrogens is 376 g/mol. The number of aromatic nitrogens is 2. The number of hydrogen-bond acceptors (Lipinski definition) is 5. The molecule has 1 aromatic heterocycles. The summed E-state index contributed by atoms with van der Waals surface area (Å²) in [6.07, 6.45) is -1.12. The summed E-state index contributed by atoms with van der Waals surface area (Å²) in [7, 11) is 0. The second kappa shape index (κ2) is 8.18. The van der Waals surface area contributed by atoms with Crippen molar-refractivity contribution in [2.45, 2.75) is 19.8 Å². The van der Waals surface area contributed by atoms with E-state index < -0.39 is 11.5 Å². The molecule has 0 aliphatic carbocycles. The summed E-state index contributed by atoms with van der Waals surface area (Å²) >= 11 is 1.26. The van der Waals surface area contributed by atoms with Gasteiger partial charge in [-0.25, -0.2) is 4.79 Å². The number of amides is 2. The zero-order valence-electron chi connectivity index (χ0n) is 15.4. The second-order valence-electron chi connectivity index (χ2n) is 6.82. The Hall–Kier alpha value is -3.26. The average Bonchev–Trinajstić information content (AvgIpc) is 3.17. The van der Waals surface area contributed by atoms with Gasteiger partial charge in [0.2, 0.25) is 11.0 Å². The first-order valence-electron chi connectivity index (χ1n) is 8.60. The van der Waals surface area contributed by atoms with Crippen LogP contribution in [0.5, 0.6) is 0 Å². The summed E-state index contributed by atoms with van der Waals surface area (Å²) in [5, 5.41) is 22.1. The summed E-state index contributed by atoms with van der Waals surface area (Å²) < 4.78 is 0. The number of benzene rings is 2. The van der Waals surface area contributed by atoms with Gasteiger partial charge in [-0.3, -0.25) is 10.1 Å². The molecule has 0 bridgehead atoms. The van der Waals surface area contributed by atoms with E-state index in [9.17, 15) is 9.59 Å². The van der Waals surface area contributed by atoms with Crippen molar-refractivity contribution in [1.82, 2.24) is 10.2 Å². The number of rotatable bonds is 6. The van der Waals surface area contributed by atoms with Crippen LogP contribution >= 0.6 is 11.3 Å². The van der Waals surface area contributed by atoms with E-state index in [-0.39, 0.29) is 11.8 Å². The van der Waals surface area contributed by atoms with E-state index in [4.69, 9.17) is 5.11 Å². The van der Waals surface area contributed by atoms with Crippen molar-refractivity contribution in [1.29, 1.82) is 0 Å². The molecule has 0 radical (unpaired) electrons. The fraction of sp³-hybridized carbons (Fsp3) is 0.200. The molecule has 3 N–H and O–H groups in total. The van der Waals surface area contributed by atoms with Crippen LogP contribution in [-0.4, -0.2) is 27.3 Å². The monoisotopic (exact) mass is 396 g/mol. The molecular formula is C20H20N4O3S. The molecule has 0 saturated carbocycles. The maximum Gasteiger partial charge on any atom is 0.409 e. The smallest absolute Gasteiger partial charge is 0.409 e. The highest BCUT2D eigenvalue weighted by molar-refractivity contribution is 7.13. The fourth-order valence-electron chi connectivity index (χ4n) is 3.17. The van der Waals surface area contributed by atoms with Gasteiger partial charge in [-0.15, -0.1) is 10.2 Å². The van der Waals surface area contributed by atoms with Crippen molar-refractivity contribution >= 4 is 34.2 Å². The maximum atomic E-state index is 13.1. The van der Waals surface area contributed by atoms with Crippen LogP contribution in [0.4, 0.5) is 15.6 Å². The number of nitrogens with one attached hydrogen (secondary N) is 2. The van der Waals surface area contributed by atoms with Gasteiger partial charge < -0.3 is 10.4 Å². The lowest BCUT2D eigenvalue weighted by Gasteiger charge is -2.33. The number of anilines is 2. The predicted molar refractivity (Wildman–Crippen MR) is 109 cm³/mol. The summed E-state index contributed by atoms with van der Waals surface area (Å²) in [5.41, 5.74) is 3.11. The highest BCUT2D eigenvalue weighted by atomic mass is 32.1. The van der Waals surface area contributed by atoms with Crippen molar-refractivity contribution < 1.29 is 14.7 Å². The first kappa shape index (κ1) is 19.5. The number of nitrogens with zero attached hydrogens (tertiary/aromatic N) is 2. The molecule has 0 spiro atoms. The van der Waals surface area contributed by atoms with Crippen LogP contribution in [0.2, 0.25) is 0 Å². The van der Waals surface area contributed by atoms with E-state index in [0.29, 0.717) is 10.8 Å². The number of carbonyl (C=O) groups is 2. The third kappa shape index (κ3) is 4.34. The van der Waals surface area contributed by atoms with E-state index in [0.717, 1.165) is 11.1 Å². The fourth-order valence-corrected chi connectivity index (χ4v) is 3.61. The van der Waals surface area contributed by atoms with Crippen LogP contribution in [0.1, 0.15) is 30.9 Å². The van der Waals surface area contributed by atoms with Crippen LogP contribution in [0.3, 0.4) is 0 Å². The lowest BCUT2D eigenvalue weighted by atomic mass is 9.70. The molecule has 2 amide bonds. The molecule has 7 nitrogen and oxygen atoms in total. The normalized spacial score (nSPS) is 12.2. The maximum absolute atomic E-state index is 13.1. The Kier molecular flexibility index (Phi) is 5.70. The summed E-state index contributed by atoms with van der Waals surface area (Å²) in [6.45, 7) is 3.76. The van der Waals surface area contributed by atoms with Gasteiger partial charge in [-0.05, 0) is 23.3 Å². The quantitative estimate of drug-likeness (QED) is 0.572. The summed E-state index contributed by atoms with van der Waals surface area (Å²) in [4.78, 5) is 23.9. The van der Waals surface area contributed by atoms with Crippen molar-refractivity contribution in [3.63, 3.8) is 0 Å². The largest absolute Gasteiger partial charge is 0.465 e. The minimum absolute atomic E-state index is 0.175. The number of hydrogen-bond donors (Lipinski definition) is 3.